The summed E-state index contributed by atoms with van der Waals surface area (Å²) in [7, 11) is 0. The van der Waals surface area contributed by atoms with Crippen molar-refractivity contribution in [3.8, 4) is 44.5 Å². The number of halogens is 12. The van der Waals surface area contributed by atoms with Crippen LogP contribution in [0.15, 0.2) is 121 Å². The maximum Gasteiger partial charge on any atom is 0.416 e. The minimum atomic E-state index is -4.62. The normalized spacial score (nSPS) is 13.0. The summed E-state index contributed by atoms with van der Waals surface area (Å²) >= 11 is 0. The largest absolute Gasteiger partial charge is 0.416 e. The van der Waals surface area contributed by atoms with Crippen molar-refractivity contribution in [2.75, 3.05) is 0 Å². The molecule has 12 heteroatoms. The van der Waals surface area contributed by atoms with Crippen molar-refractivity contribution in [3.63, 3.8) is 0 Å². The number of benzene rings is 6. The molecule has 0 N–H and O–H groups in total. The summed E-state index contributed by atoms with van der Waals surface area (Å²) in [5.41, 5.74) is -0.656. The fourth-order valence-corrected chi connectivity index (χ4v) is 6.34. The molecule has 0 atom stereocenters. The van der Waals surface area contributed by atoms with Gasteiger partial charge in [-0.15, -0.1) is 0 Å². The highest BCUT2D eigenvalue weighted by Gasteiger charge is 2.33. The van der Waals surface area contributed by atoms with Gasteiger partial charge in [0, 0.05) is 0 Å². The number of rotatable bonds is 4. The highest BCUT2D eigenvalue weighted by Crippen LogP contribution is 2.41. The Kier molecular flexibility index (Phi) is 8.08. The SMILES string of the molecule is FC(F)(F)c1ccc(-c2cc3c(cc2-c2ccc(C(F)(F)F)cc2)=c2cc(-c4ccc(C(F)(F)F)cc4)c(-c4ccc(C(F)(F)F)cc4)cc2=3)cc1. The predicted octanol–water partition coefficient (Wildman–Crippen LogP) is 13.3. The van der Waals surface area contributed by atoms with Gasteiger partial charge in [0.05, 0.1) is 22.3 Å². The molecule has 0 heterocycles. The minimum absolute atomic E-state index is 0.337. The lowest BCUT2D eigenvalue weighted by Crippen LogP contribution is -2.05. The highest BCUT2D eigenvalue weighted by molar-refractivity contribution is 5.86. The number of hydrogen-bond acceptors (Lipinski definition) is 0. The quantitative estimate of drug-likeness (QED) is 0.158. The van der Waals surface area contributed by atoms with Gasteiger partial charge in [0.25, 0.3) is 0 Å². The lowest BCUT2D eigenvalue weighted by Gasteiger charge is -2.18. The molecule has 0 aromatic heterocycles. The van der Waals surface area contributed by atoms with E-state index in [1.54, 1.807) is 24.3 Å². The second-order valence-electron chi connectivity index (χ2n) is 12.2. The van der Waals surface area contributed by atoms with Crippen LogP contribution in [-0.4, -0.2) is 0 Å². The number of fused-ring (bicyclic) bond motifs is 2. The van der Waals surface area contributed by atoms with E-state index in [9.17, 15) is 52.7 Å². The van der Waals surface area contributed by atoms with Gasteiger partial charge in [0.2, 0.25) is 0 Å². The van der Waals surface area contributed by atoms with Gasteiger partial charge < -0.3 is 0 Å². The molecule has 0 amide bonds. The summed E-state index contributed by atoms with van der Waals surface area (Å²) in [4.78, 5) is 0. The van der Waals surface area contributed by atoms with Crippen molar-refractivity contribution in [3.05, 3.63) is 164 Å². The standard InChI is InChI=1S/C40H20F12/c41-37(42,43)25-9-1-21(2-10-25)29-17-33-34(18-30(29)22-3-11-26(12-4-22)38(44,45)46)36-20-32(24-7-15-28(16-8-24)40(50,51)52)31(19-35(33)36)23-5-13-27(14-6-23)39(47,48)49/h1-20H. The lowest BCUT2D eigenvalue weighted by molar-refractivity contribution is -0.138. The molecule has 0 nitrogen and oxygen atoms in total. The Balaban J connectivity index is 1.48. The van der Waals surface area contributed by atoms with E-state index in [4.69, 9.17) is 0 Å². The molecule has 6 aromatic rings. The van der Waals surface area contributed by atoms with Crippen molar-refractivity contribution < 1.29 is 52.7 Å². The van der Waals surface area contributed by atoms with Gasteiger partial charge in [-0.3, -0.25) is 0 Å². The van der Waals surface area contributed by atoms with Crippen molar-refractivity contribution in [2.24, 2.45) is 0 Å². The first-order valence-electron chi connectivity index (χ1n) is 15.4. The maximum absolute atomic E-state index is 13.4. The Morgan fingerprint density at radius 1 is 0.231 bits per heavy atom. The van der Waals surface area contributed by atoms with Crippen LogP contribution in [0.5, 0.6) is 0 Å². The van der Waals surface area contributed by atoms with Gasteiger partial charge in [0.1, 0.15) is 0 Å². The van der Waals surface area contributed by atoms with Crippen molar-refractivity contribution in [1.82, 2.24) is 0 Å². The molecule has 0 fully saturated rings. The summed E-state index contributed by atoms with van der Waals surface area (Å²) < 4.78 is 161. The Morgan fingerprint density at radius 3 is 0.519 bits per heavy atom. The van der Waals surface area contributed by atoms with Crippen LogP contribution in [-0.2, 0) is 24.7 Å². The summed E-state index contributed by atoms with van der Waals surface area (Å²) in [6, 6.07) is 23.8. The van der Waals surface area contributed by atoms with Crippen LogP contribution in [0.2, 0.25) is 0 Å². The third kappa shape index (κ3) is 6.42. The zero-order chi connectivity index (χ0) is 37.4. The first kappa shape index (κ1) is 34.9. The minimum Gasteiger partial charge on any atom is -0.166 e. The molecule has 0 saturated heterocycles. The Morgan fingerprint density at radius 2 is 0.385 bits per heavy atom. The average molecular weight is 729 g/mol. The third-order valence-corrected chi connectivity index (χ3v) is 8.99. The van der Waals surface area contributed by atoms with E-state index < -0.39 is 47.0 Å². The molecule has 0 aliphatic heterocycles. The molecule has 52 heavy (non-hydrogen) atoms. The van der Waals surface area contributed by atoms with Crippen LogP contribution in [0, 0.1) is 20.9 Å². The molecule has 7 rings (SSSR count). The van der Waals surface area contributed by atoms with Crippen LogP contribution in [0.1, 0.15) is 22.3 Å². The molecule has 0 unspecified atom stereocenters. The number of hydrogen-bond donors (Lipinski definition) is 0. The van der Waals surface area contributed by atoms with E-state index in [0.29, 0.717) is 65.4 Å². The Labute approximate surface area is 286 Å². The van der Waals surface area contributed by atoms with Crippen LogP contribution in [0.25, 0.3) is 44.5 Å². The van der Waals surface area contributed by atoms with Crippen LogP contribution >= 0.6 is 0 Å². The fraction of sp³-hybridized carbons (Fsp3) is 0.100. The van der Waals surface area contributed by atoms with Gasteiger partial charge in [-0.25, -0.2) is 0 Å². The smallest absolute Gasteiger partial charge is 0.166 e. The Hall–Kier alpha value is -5.52. The highest BCUT2D eigenvalue weighted by atomic mass is 19.4. The summed E-state index contributed by atoms with van der Waals surface area (Å²) in [6.45, 7) is 0. The fourth-order valence-electron chi connectivity index (χ4n) is 6.34. The van der Waals surface area contributed by atoms with Crippen molar-refractivity contribution in [1.29, 1.82) is 0 Å². The first-order chi connectivity index (χ1) is 24.3. The van der Waals surface area contributed by atoms with E-state index in [2.05, 4.69) is 0 Å². The second-order valence-corrected chi connectivity index (χ2v) is 12.2. The zero-order valence-corrected chi connectivity index (χ0v) is 26.1. The number of alkyl halides is 12. The lowest BCUT2D eigenvalue weighted by atomic mass is 9.85. The van der Waals surface area contributed by atoms with Crippen LogP contribution in [0.3, 0.4) is 0 Å². The van der Waals surface area contributed by atoms with Gasteiger partial charge >= 0.3 is 24.7 Å². The van der Waals surface area contributed by atoms with E-state index in [0.717, 1.165) is 48.5 Å². The summed E-state index contributed by atoms with van der Waals surface area (Å²) in [5, 5.41) is 2.42. The molecular formula is C40H20F12. The molecule has 6 aromatic carbocycles. The molecular weight excluding hydrogens is 708 g/mol. The second kappa shape index (κ2) is 12.0. The van der Waals surface area contributed by atoms with E-state index in [1.165, 1.54) is 48.5 Å². The van der Waals surface area contributed by atoms with Crippen LogP contribution in [0.4, 0.5) is 52.7 Å². The van der Waals surface area contributed by atoms with E-state index >= 15 is 0 Å². The summed E-state index contributed by atoms with van der Waals surface area (Å²) in [6.07, 6.45) is -18.5. The van der Waals surface area contributed by atoms with Gasteiger partial charge in [-0.1, -0.05) is 48.5 Å². The predicted molar refractivity (Wildman–Crippen MR) is 170 cm³/mol. The molecule has 0 radical (unpaired) electrons. The van der Waals surface area contributed by atoms with E-state index in [-0.39, 0.29) is 0 Å². The molecule has 0 spiro atoms. The van der Waals surface area contributed by atoms with Gasteiger partial charge in [-0.2, -0.15) is 52.7 Å². The van der Waals surface area contributed by atoms with Crippen molar-refractivity contribution >= 4 is 0 Å². The first-order valence-corrected chi connectivity index (χ1v) is 15.4. The molecule has 1 aliphatic carbocycles. The molecule has 264 valence electrons. The van der Waals surface area contributed by atoms with Gasteiger partial charge in [0.15, 0.2) is 0 Å². The van der Waals surface area contributed by atoms with Crippen molar-refractivity contribution in [2.45, 2.75) is 24.7 Å². The van der Waals surface area contributed by atoms with Crippen LogP contribution < -0.4 is 0 Å². The maximum atomic E-state index is 13.4. The molecule has 0 saturated carbocycles. The molecule has 1 aliphatic rings. The zero-order valence-electron chi connectivity index (χ0n) is 26.1. The van der Waals surface area contributed by atoms with E-state index in [1.807, 2.05) is 0 Å². The topological polar surface area (TPSA) is 0 Å². The summed E-state index contributed by atoms with van der Waals surface area (Å²) in [5.74, 6) is 0. The average Bonchev–Trinajstić information content (AvgIpc) is 3.08. The monoisotopic (exact) mass is 728 g/mol. The van der Waals surface area contributed by atoms with Gasteiger partial charge in [-0.05, 0) is 138 Å². The third-order valence-electron chi connectivity index (χ3n) is 8.99. The molecule has 0 bridgehead atoms. The Bertz CT molecular complexity index is 2120.